The standard InChI is InChI=1S/C28H29NO4S2/c1-5-10-21-20-11-8-9-12-22(20)35-25(21)26(30)29-27-24(28(31)33-7-3)23(17(4)34-27)18-13-15-19(16-14-18)32-6-2/h8-9,11-16H,5-7,10H2,1-4H3,(H,29,30). The van der Waals surface area contributed by atoms with E-state index in [0.29, 0.717) is 22.0 Å². The molecule has 0 saturated heterocycles. The van der Waals surface area contributed by atoms with Crippen molar-refractivity contribution in [1.29, 1.82) is 0 Å². The van der Waals surface area contributed by atoms with Crippen LogP contribution in [0, 0.1) is 6.92 Å². The van der Waals surface area contributed by atoms with Gasteiger partial charge in [-0.05, 0) is 61.9 Å². The molecule has 0 atom stereocenters. The lowest BCUT2D eigenvalue weighted by Gasteiger charge is -2.10. The van der Waals surface area contributed by atoms with Crippen LogP contribution in [-0.2, 0) is 11.2 Å². The molecule has 0 spiro atoms. The first-order valence-corrected chi connectivity index (χ1v) is 13.5. The predicted octanol–water partition coefficient (Wildman–Crippen LogP) is 7.72. The number of anilines is 1. The number of hydrogen-bond acceptors (Lipinski definition) is 6. The van der Waals surface area contributed by atoms with Gasteiger partial charge in [0, 0.05) is 15.1 Å². The van der Waals surface area contributed by atoms with E-state index in [1.165, 1.54) is 22.7 Å². The van der Waals surface area contributed by atoms with Crippen LogP contribution in [0.1, 0.15) is 57.7 Å². The molecule has 1 amide bonds. The van der Waals surface area contributed by atoms with Crippen LogP contribution in [0.3, 0.4) is 0 Å². The zero-order valence-corrected chi connectivity index (χ0v) is 22.0. The molecule has 2 aromatic carbocycles. The highest BCUT2D eigenvalue weighted by Crippen LogP contribution is 2.42. The number of amides is 1. The molecular weight excluding hydrogens is 478 g/mol. The number of ether oxygens (including phenoxy) is 2. The number of fused-ring (bicyclic) bond motifs is 1. The van der Waals surface area contributed by atoms with Gasteiger partial charge >= 0.3 is 5.97 Å². The number of benzene rings is 2. The Kier molecular flexibility index (Phi) is 7.88. The smallest absolute Gasteiger partial charge is 0.341 e. The summed E-state index contributed by atoms with van der Waals surface area (Å²) in [5, 5.41) is 4.68. The van der Waals surface area contributed by atoms with Crippen molar-refractivity contribution >= 4 is 49.6 Å². The average molecular weight is 508 g/mol. The maximum Gasteiger partial charge on any atom is 0.341 e. The number of hydrogen-bond donors (Lipinski definition) is 1. The van der Waals surface area contributed by atoms with Gasteiger partial charge in [0.1, 0.15) is 16.3 Å². The molecule has 2 aromatic heterocycles. The van der Waals surface area contributed by atoms with E-state index in [1.54, 1.807) is 6.92 Å². The topological polar surface area (TPSA) is 64.6 Å². The zero-order valence-electron chi connectivity index (χ0n) is 20.4. The summed E-state index contributed by atoms with van der Waals surface area (Å²) in [7, 11) is 0. The van der Waals surface area contributed by atoms with Crippen molar-refractivity contribution in [2.24, 2.45) is 0 Å². The van der Waals surface area contributed by atoms with E-state index >= 15 is 0 Å². The molecule has 0 radical (unpaired) electrons. The second kappa shape index (κ2) is 11.1. The van der Waals surface area contributed by atoms with Crippen molar-refractivity contribution in [3.05, 3.63) is 69.4 Å². The Bertz CT molecular complexity index is 1350. The van der Waals surface area contributed by atoms with Crippen molar-refractivity contribution in [2.75, 3.05) is 18.5 Å². The van der Waals surface area contributed by atoms with Gasteiger partial charge in [-0.1, -0.05) is 43.7 Å². The van der Waals surface area contributed by atoms with Crippen molar-refractivity contribution in [2.45, 2.75) is 40.5 Å². The van der Waals surface area contributed by atoms with E-state index in [0.717, 1.165) is 50.2 Å². The van der Waals surface area contributed by atoms with Crippen LogP contribution in [0.25, 0.3) is 21.2 Å². The molecule has 0 saturated carbocycles. The minimum Gasteiger partial charge on any atom is -0.494 e. The average Bonchev–Trinajstić information content (AvgIpc) is 3.38. The van der Waals surface area contributed by atoms with Crippen molar-refractivity contribution in [3.63, 3.8) is 0 Å². The number of thiophene rings is 2. The fourth-order valence-electron chi connectivity index (χ4n) is 4.20. The van der Waals surface area contributed by atoms with Gasteiger partial charge in [0.25, 0.3) is 5.91 Å². The van der Waals surface area contributed by atoms with Crippen LogP contribution >= 0.6 is 22.7 Å². The first kappa shape index (κ1) is 24.9. The van der Waals surface area contributed by atoms with Crippen LogP contribution in [0.2, 0.25) is 0 Å². The van der Waals surface area contributed by atoms with Crippen molar-refractivity contribution in [1.82, 2.24) is 0 Å². The minimum absolute atomic E-state index is 0.195. The van der Waals surface area contributed by atoms with E-state index in [1.807, 2.05) is 56.3 Å². The van der Waals surface area contributed by atoms with Gasteiger partial charge in [-0.25, -0.2) is 4.79 Å². The Labute approximate surface area is 213 Å². The summed E-state index contributed by atoms with van der Waals surface area (Å²) < 4.78 is 12.0. The largest absolute Gasteiger partial charge is 0.494 e. The molecule has 0 bridgehead atoms. The quantitative estimate of drug-likeness (QED) is 0.236. The van der Waals surface area contributed by atoms with Gasteiger partial charge in [0.05, 0.1) is 18.1 Å². The lowest BCUT2D eigenvalue weighted by molar-refractivity contribution is 0.0529. The second-order valence-corrected chi connectivity index (χ2v) is 10.3. The van der Waals surface area contributed by atoms with Crippen LogP contribution in [0.4, 0.5) is 5.00 Å². The predicted molar refractivity (Wildman–Crippen MR) is 145 cm³/mol. The highest BCUT2D eigenvalue weighted by Gasteiger charge is 2.27. The fraction of sp³-hybridized carbons (Fsp3) is 0.286. The summed E-state index contributed by atoms with van der Waals surface area (Å²) >= 11 is 2.89. The Morgan fingerprint density at radius 1 is 0.943 bits per heavy atom. The first-order chi connectivity index (χ1) is 17.0. The molecule has 1 N–H and O–H groups in total. The van der Waals surface area contributed by atoms with E-state index in [9.17, 15) is 9.59 Å². The molecular formula is C28H29NO4S2. The van der Waals surface area contributed by atoms with Gasteiger partial charge in [0.15, 0.2) is 0 Å². The summed E-state index contributed by atoms with van der Waals surface area (Å²) in [6.07, 6.45) is 1.76. The maximum absolute atomic E-state index is 13.5. The molecule has 35 heavy (non-hydrogen) atoms. The molecule has 0 aliphatic rings. The van der Waals surface area contributed by atoms with Crippen LogP contribution < -0.4 is 10.1 Å². The normalized spacial score (nSPS) is 11.0. The molecule has 7 heteroatoms. The van der Waals surface area contributed by atoms with Gasteiger partial charge in [-0.3, -0.25) is 4.79 Å². The second-order valence-electron chi connectivity index (χ2n) is 8.03. The molecule has 0 unspecified atom stereocenters. The van der Waals surface area contributed by atoms with Crippen LogP contribution in [0.15, 0.2) is 48.5 Å². The molecule has 4 aromatic rings. The SMILES string of the molecule is CCCc1c(C(=O)Nc2sc(C)c(-c3ccc(OCC)cc3)c2C(=O)OCC)sc2ccccc12. The first-order valence-electron chi connectivity index (χ1n) is 11.8. The van der Waals surface area contributed by atoms with Gasteiger partial charge in [0.2, 0.25) is 0 Å². The number of aryl methyl sites for hydroxylation is 2. The summed E-state index contributed by atoms with van der Waals surface area (Å²) in [4.78, 5) is 28.2. The van der Waals surface area contributed by atoms with E-state index < -0.39 is 5.97 Å². The Hall–Kier alpha value is -3.16. The number of carbonyl (C=O) groups excluding carboxylic acids is 2. The van der Waals surface area contributed by atoms with Crippen molar-refractivity contribution in [3.8, 4) is 16.9 Å². The summed E-state index contributed by atoms with van der Waals surface area (Å²) in [5.41, 5.74) is 3.10. The molecule has 2 heterocycles. The third kappa shape index (κ3) is 5.11. The fourth-order valence-corrected chi connectivity index (χ4v) is 6.41. The van der Waals surface area contributed by atoms with E-state index in [-0.39, 0.29) is 12.5 Å². The third-order valence-corrected chi connectivity index (χ3v) is 7.88. The Morgan fingerprint density at radius 3 is 2.37 bits per heavy atom. The van der Waals surface area contributed by atoms with Crippen LogP contribution in [-0.4, -0.2) is 25.1 Å². The van der Waals surface area contributed by atoms with E-state index in [2.05, 4.69) is 18.3 Å². The molecule has 5 nitrogen and oxygen atoms in total. The minimum atomic E-state index is -0.443. The van der Waals surface area contributed by atoms with Gasteiger partial charge < -0.3 is 14.8 Å². The van der Waals surface area contributed by atoms with Gasteiger partial charge in [-0.2, -0.15) is 0 Å². The van der Waals surface area contributed by atoms with Crippen LogP contribution in [0.5, 0.6) is 5.75 Å². The molecule has 0 fully saturated rings. The monoisotopic (exact) mass is 507 g/mol. The third-order valence-electron chi connectivity index (χ3n) is 5.65. The Balaban J connectivity index is 1.76. The lowest BCUT2D eigenvalue weighted by Crippen LogP contribution is -2.15. The number of carbonyl (C=O) groups is 2. The summed E-state index contributed by atoms with van der Waals surface area (Å²) in [6.45, 7) is 8.61. The number of nitrogens with one attached hydrogen (secondary N) is 1. The Morgan fingerprint density at radius 2 is 1.69 bits per heavy atom. The highest BCUT2D eigenvalue weighted by atomic mass is 32.1. The van der Waals surface area contributed by atoms with E-state index in [4.69, 9.17) is 9.47 Å². The number of rotatable bonds is 9. The number of esters is 1. The maximum atomic E-state index is 13.5. The highest BCUT2D eigenvalue weighted by molar-refractivity contribution is 7.21. The molecule has 182 valence electrons. The summed E-state index contributed by atoms with van der Waals surface area (Å²) in [5.74, 6) is 0.129. The zero-order chi connectivity index (χ0) is 24.9. The van der Waals surface area contributed by atoms with Crippen molar-refractivity contribution < 1.29 is 19.1 Å². The van der Waals surface area contributed by atoms with Gasteiger partial charge in [-0.15, -0.1) is 22.7 Å². The molecule has 0 aliphatic carbocycles. The lowest BCUT2D eigenvalue weighted by atomic mass is 10.0. The molecule has 4 rings (SSSR count). The summed E-state index contributed by atoms with van der Waals surface area (Å²) in [6, 6.07) is 15.7. The molecule has 0 aliphatic heterocycles.